The van der Waals surface area contributed by atoms with Gasteiger partial charge >= 0.3 is 12.1 Å². The fourth-order valence-electron chi connectivity index (χ4n) is 5.29. The first-order valence-corrected chi connectivity index (χ1v) is 8.91. The molecule has 4 aliphatic rings. The van der Waals surface area contributed by atoms with Crippen LogP contribution < -0.4 is 5.32 Å². The van der Waals surface area contributed by atoms with Gasteiger partial charge in [-0.15, -0.1) is 0 Å². The molecule has 2 saturated heterocycles. The number of nitrogens with one attached hydrogen (secondary N) is 1. The molecule has 2 aliphatic carbocycles. The monoisotopic (exact) mass is 336 g/mol. The van der Waals surface area contributed by atoms with Crippen molar-refractivity contribution in [3.8, 4) is 0 Å². The zero-order valence-corrected chi connectivity index (χ0v) is 13.7. The van der Waals surface area contributed by atoms with Crippen LogP contribution in [0, 0.1) is 23.7 Å². The molecule has 2 unspecified atom stereocenters. The summed E-state index contributed by atoms with van der Waals surface area (Å²) in [7, 11) is 0. The minimum Gasteiger partial charge on any atom is -0.481 e. The van der Waals surface area contributed by atoms with Crippen molar-refractivity contribution in [1.29, 1.82) is 0 Å². The second kappa shape index (κ2) is 5.63. The summed E-state index contributed by atoms with van der Waals surface area (Å²) in [5.74, 6) is 0.267. The predicted octanol–water partition coefficient (Wildman–Crippen LogP) is 1.22. The number of carbonyl (C=O) groups excluding carboxylic acids is 2. The SMILES string of the molecule is O=C(O)CC1C2CCCC1CN(C(=O)C1CC3(COC(=O)N3)C1)C2. The molecular formula is C17H24N2O5. The molecule has 2 bridgehead atoms. The lowest BCUT2D eigenvalue weighted by Crippen LogP contribution is -2.60. The summed E-state index contributed by atoms with van der Waals surface area (Å²) < 4.78 is 4.97. The Balaban J connectivity index is 1.37. The molecule has 0 aromatic carbocycles. The fourth-order valence-corrected chi connectivity index (χ4v) is 5.29. The summed E-state index contributed by atoms with van der Waals surface area (Å²) in [4.78, 5) is 37.1. The van der Waals surface area contributed by atoms with Crippen molar-refractivity contribution in [2.75, 3.05) is 19.7 Å². The maximum absolute atomic E-state index is 12.8. The second-order valence-electron chi connectivity index (χ2n) is 8.04. The molecule has 7 nitrogen and oxygen atoms in total. The Kier molecular flexibility index (Phi) is 3.69. The first kappa shape index (κ1) is 15.7. The highest BCUT2D eigenvalue weighted by Crippen LogP contribution is 2.45. The summed E-state index contributed by atoms with van der Waals surface area (Å²) in [6.45, 7) is 1.75. The van der Waals surface area contributed by atoms with Gasteiger partial charge in [-0.2, -0.15) is 0 Å². The van der Waals surface area contributed by atoms with Crippen LogP contribution in [0.25, 0.3) is 0 Å². The third kappa shape index (κ3) is 2.63. The molecule has 0 aromatic rings. The molecule has 2 N–H and O–H groups in total. The van der Waals surface area contributed by atoms with Crippen LogP contribution in [0.1, 0.15) is 38.5 Å². The summed E-state index contributed by atoms with van der Waals surface area (Å²) in [5.41, 5.74) is -0.324. The third-order valence-corrected chi connectivity index (χ3v) is 6.46. The van der Waals surface area contributed by atoms with E-state index < -0.39 is 5.97 Å². The largest absolute Gasteiger partial charge is 0.481 e. The van der Waals surface area contributed by atoms with Crippen LogP contribution in [0.3, 0.4) is 0 Å². The van der Waals surface area contributed by atoms with Gasteiger partial charge in [0.25, 0.3) is 0 Å². The van der Waals surface area contributed by atoms with Gasteiger partial charge in [0.2, 0.25) is 5.91 Å². The minimum atomic E-state index is -0.727. The number of carboxylic acid groups (broad SMARTS) is 1. The molecule has 0 aromatic heterocycles. The zero-order chi connectivity index (χ0) is 16.9. The highest BCUT2D eigenvalue weighted by atomic mass is 16.6. The number of piperidine rings is 1. The number of likely N-dealkylation sites (tertiary alicyclic amines) is 1. The molecule has 4 rings (SSSR count). The van der Waals surface area contributed by atoms with Crippen molar-refractivity contribution in [2.24, 2.45) is 23.7 Å². The van der Waals surface area contributed by atoms with Crippen molar-refractivity contribution in [3.63, 3.8) is 0 Å². The molecule has 2 atom stereocenters. The number of alkyl carbamates (subject to hydrolysis) is 1. The number of fused-ring (bicyclic) bond motifs is 2. The summed E-state index contributed by atoms with van der Waals surface area (Å²) in [6, 6.07) is 0. The highest BCUT2D eigenvalue weighted by Gasteiger charge is 2.54. The topological polar surface area (TPSA) is 95.9 Å². The maximum atomic E-state index is 12.8. The van der Waals surface area contributed by atoms with Gasteiger partial charge in [-0.05, 0) is 43.4 Å². The van der Waals surface area contributed by atoms with E-state index in [0.29, 0.717) is 44.4 Å². The van der Waals surface area contributed by atoms with Crippen LogP contribution in [0.2, 0.25) is 0 Å². The lowest BCUT2D eigenvalue weighted by atomic mass is 9.65. The quantitative estimate of drug-likeness (QED) is 0.808. The first-order chi connectivity index (χ1) is 11.5. The van der Waals surface area contributed by atoms with E-state index in [9.17, 15) is 14.4 Å². The average molecular weight is 336 g/mol. The van der Waals surface area contributed by atoms with Crippen LogP contribution in [-0.2, 0) is 14.3 Å². The van der Waals surface area contributed by atoms with Crippen molar-refractivity contribution in [3.05, 3.63) is 0 Å². The van der Waals surface area contributed by atoms with Crippen molar-refractivity contribution >= 4 is 18.0 Å². The van der Waals surface area contributed by atoms with E-state index in [2.05, 4.69) is 5.32 Å². The fraction of sp³-hybridized carbons (Fsp3) is 0.824. The Hall–Kier alpha value is -1.79. The predicted molar refractivity (Wildman–Crippen MR) is 83.1 cm³/mol. The number of hydrogen-bond acceptors (Lipinski definition) is 4. The number of hydrogen-bond donors (Lipinski definition) is 2. The molecule has 24 heavy (non-hydrogen) atoms. The lowest BCUT2D eigenvalue weighted by molar-refractivity contribution is -0.149. The third-order valence-electron chi connectivity index (χ3n) is 6.46. The highest BCUT2D eigenvalue weighted by molar-refractivity contribution is 5.81. The van der Waals surface area contributed by atoms with Crippen molar-refractivity contribution < 1.29 is 24.2 Å². The van der Waals surface area contributed by atoms with E-state index in [0.717, 1.165) is 19.3 Å². The molecule has 4 fully saturated rings. The molecule has 7 heteroatoms. The van der Waals surface area contributed by atoms with Crippen LogP contribution in [0.5, 0.6) is 0 Å². The Morgan fingerprint density at radius 3 is 2.46 bits per heavy atom. The Morgan fingerprint density at radius 1 is 1.25 bits per heavy atom. The van der Waals surface area contributed by atoms with Crippen LogP contribution in [0.15, 0.2) is 0 Å². The second-order valence-corrected chi connectivity index (χ2v) is 8.04. The van der Waals surface area contributed by atoms with Crippen molar-refractivity contribution in [2.45, 2.75) is 44.1 Å². The molecule has 2 saturated carbocycles. The first-order valence-electron chi connectivity index (χ1n) is 8.91. The van der Waals surface area contributed by atoms with Crippen LogP contribution in [-0.4, -0.2) is 53.2 Å². The van der Waals surface area contributed by atoms with Gasteiger partial charge in [0.05, 0.1) is 5.54 Å². The van der Waals surface area contributed by atoms with Crippen LogP contribution in [0.4, 0.5) is 4.79 Å². The normalized spacial score (nSPS) is 40.7. The number of carbonyl (C=O) groups is 3. The van der Waals surface area contributed by atoms with Gasteiger partial charge < -0.3 is 20.1 Å². The average Bonchev–Trinajstić information content (AvgIpc) is 2.86. The number of aliphatic carboxylic acids is 1. The molecule has 0 radical (unpaired) electrons. The molecular weight excluding hydrogens is 312 g/mol. The molecule has 2 aliphatic heterocycles. The van der Waals surface area contributed by atoms with Crippen LogP contribution >= 0.6 is 0 Å². The number of ether oxygens (including phenoxy) is 1. The Bertz CT molecular complexity index is 557. The number of carboxylic acids is 1. The lowest BCUT2D eigenvalue weighted by Gasteiger charge is -2.50. The van der Waals surface area contributed by atoms with E-state index in [1.54, 1.807) is 0 Å². The summed E-state index contributed by atoms with van der Waals surface area (Å²) >= 11 is 0. The van der Waals surface area contributed by atoms with E-state index in [4.69, 9.17) is 9.84 Å². The number of nitrogens with zero attached hydrogens (tertiary/aromatic N) is 1. The smallest absolute Gasteiger partial charge is 0.407 e. The van der Waals surface area contributed by atoms with E-state index in [1.807, 2.05) is 4.90 Å². The zero-order valence-electron chi connectivity index (χ0n) is 13.7. The Labute approximate surface area is 140 Å². The van der Waals surface area contributed by atoms with Gasteiger partial charge in [-0.3, -0.25) is 9.59 Å². The van der Waals surface area contributed by atoms with E-state index in [-0.39, 0.29) is 35.8 Å². The molecule has 2 heterocycles. The molecule has 132 valence electrons. The van der Waals surface area contributed by atoms with Gasteiger partial charge in [0.15, 0.2) is 0 Å². The summed E-state index contributed by atoms with van der Waals surface area (Å²) in [5, 5.41) is 12.0. The van der Waals surface area contributed by atoms with Gasteiger partial charge in [-0.1, -0.05) is 6.42 Å². The molecule has 2 amide bonds. The van der Waals surface area contributed by atoms with Gasteiger partial charge in [0, 0.05) is 25.4 Å². The maximum Gasteiger partial charge on any atom is 0.407 e. The van der Waals surface area contributed by atoms with Crippen molar-refractivity contribution in [1.82, 2.24) is 10.2 Å². The standard InChI is InChI=1S/C17H24N2O5/c20-14(21)4-13-10-2-1-3-11(13)8-19(7-10)15(22)12-5-17(6-12)9-24-16(23)18-17/h10-13H,1-9H2,(H,18,23)(H,20,21). The number of amides is 2. The van der Waals surface area contributed by atoms with Gasteiger partial charge in [0.1, 0.15) is 6.61 Å². The Morgan fingerprint density at radius 2 is 1.92 bits per heavy atom. The van der Waals surface area contributed by atoms with E-state index >= 15 is 0 Å². The summed E-state index contributed by atoms with van der Waals surface area (Å²) in [6.07, 6.45) is 4.35. The number of rotatable bonds is 3. The molecule has 1 spiro atoms. The number of cyclic esters (lactones) is 1. The minimum absolute atomic E-state index is 0.0382. The van der Waals surface area contributed by atoms with E-state index in [1.165, 1.54) is 0 Å². The van der Waals surface area contributed by atoms with Gasteiger partial charge in [-0.25, -0.2) is 4.79 Å².